The van der Waals surface area contributed by atoms with Gasteiger partial charge in [0.2, 0.25) is 28.7 Å². The fourth-order valence-electron chi connectivity index (χ4n) is 8.34. The second-order valence-electron chi connectivity index (χ2n) is 14.9. The first-order valence-corrected chi connectivity index (χ1v) is 18.5. The monoisotopic (exact) mass is 918 g/mol. The highest BCUT2D eigenvalue weighted by atomic mass is 16.6. The van der Waals surface area contributed by atoms with Gasteiger partial charge in [-0.05, 0) is 18.2 Å². The van der Waals surface area contributed by atoms with Crippen molar-refractivity contribution in [3.05, 3.63) is 51.6 Å². The first-order chi connectivity index (χ1) is 31.1. The second kappa shape index (κ2) is 14.0. The minimum absolute atomic E-state index is 0.361. The molecule has 340 valence electrons. The topological polar surface area (TPSA) is 435 Å². The Morgan fingerprint density at radius 1 is 0.333 bits per heavy atom. The summed E-state index contributed by atoms with van der Waals surface area (Å²) in [5.41, 5.74) is -13.5. The van der Waals surface area contributed by atoms with Gasteiger partial charge >= 0.3 is 29.8 Å². The Morgan fingerprint density at radius 2 is 0.682 bits per heavy atom. The Kier molecular flexibility index (Phi) is 8.85. The van der Waals surface area contributed by atoms with Crippen LogP contribution < -0.4 is 0 Å². The molecule has 5 heterocycles. The number of benzene rings is 5. The number of ether oxygens (including phenoxy) is 5. The first kappa shape index (κ1) is 41.8. The van der Waals surface area contributed by atoms with E-state index in [0.29, 0.717) is 18.2 Å². The van der Waals surface area contributed by atoms with E-state index in [1.54, 1.807) is 0 Å². The Hall–Kier alpha value is -9.55. The van der Waals surface area contributed by atoms with E-state index in [-0.39, 0.29) is 0 Å². The Labute approximate surface area is 362 Å². The van der Waals surface area contributed by atoms with Crippen LogP contribution in [0.4, 0.5) is 0 Å². The van der Waals surface area contributed by atoms with Crippen molar-refractivity contribution < 1.29 is 124 Å². The van der Waals surface area contributed by atoms with Gasteiger partial charge in [0.15, 0.2) is 75.8 Å². The number of aromatic hydroxyl groups is 15. The summed E-state index contributed by atoms with van der Waals surface area (Å²) < 4.78 is 28.2. The molecule has 0 radical (unpaired) electrons. The SMILES string of the molecule is O=C1OC[C@H]2OC(=O)c3cc(O)c(O)c(O)c3-c3c(O)c(O)c(O)c4c3C(=O)O[C@@H]([C@@H]2OC(=O)c2cc(O)c(O)c(O)c2-c2c1cc(O)c(O)c2O)[C@@H]1Cc2c(O)c(O)c(O)c-4c2C(=O)O1. The maximum Gasteiger partial charge on any atom is 0.340 e. The van der Waals surface area contributed by atoms with E-state index < -0.39 is 220 Å². The number of hydrogen-bond acceptors (Lipinski definition) is 25. The smallest absolute Gasteiger partial charge is 0.340 e. The predicted molar refractivity (Wildman–Crippen MR) is 205 cm³/mol. The van der Waals surface area contributed by atoms with Crippen molar-refractivity contribution in [2.75, 3.05) is 6.61 Å². The fourth-order valence-corrected chi connectivity index (χ4v) is 8.34. The highest BCUT2D eigenvalue weighted by Crippen LogP contribution is 2.61. The molecule has 5 aliphatic rings. The molecule has 0 saturated carbocycles. The third-order valence-electron chi connectivity index (χ3n) is 11.4. The van der Waals surface area contributed by atoms with Crippen molar-refractivity contribution in [1.29, 1.82) is 0 Å². The summed E-state index contributed by atoms with van der Waals surface area (Å²) in [5, 5.41) is 165. The van der Waals surface area contributed by atoms with Gasteiger partial charge in [0.25, 0.3) is 0 Å². The quantitative estimate of drug-likeness (QED) is 0.0598. The maximum atomic E-state index is 15.0. The molecule has 0 aromatic heterocycles. The number of esters is 5. The van der Waals surface area contributed by atoms with Gasteiger partial charge in [-0.25, -0.2) is 24.0 Å². The summed E-state index contributed by atoms with van der Waals surface area (Å²) in [5.74, 6) is -30.6. The number of carbonyl (C=O) groups is 5. The number of rotatable bonds is 0. The minimum Gasteiger partial charge on any atom is -0.504 e. The van der Waals surface area contributed by atoms with Crippen LogP contribution in [-0.4, -0.2) is 137 Å². The summed E-state index contributed by atoms with van der Waals surface area (Å²) in [4.78, 5) is 72.3. The lowest BCUT2D eigenvalue weighted by Crippen LogP contribution is -2.55. The molecule has 0 saturated heterocycles. The maximum absolute atomic E-state index is 15.0. The van der Waals surface area contributed by atoms with Crippen LogP contribution in [0.15, 0.2) is 18.2 Å². The molecule has 15 N–H and O–H groups in total. The summed E-state index contributed by atoms with van der Waals surface area (Å²) in [6, 6.07) is 1.19. The van der Waals surface area contributed by atoms with Gasteiger partial charge in [-0.2, -0.15) is 0 Å². The highest BCUT2D eigenvalue weighted by Gasteiger charge is 2.52. The van der Waals surface area contributed by atoms with Crippen LogP contribution in [0, 0.1) is 0 Å². The lowest BCUT2D eigenvalue weighted by Gasteiger charge is -2.38. The standard InChI is InChI=1S/C41H26O25/c42-10-1-7-15(27(49)24(10)46)16-8(2-11(43)25(47)28(16)50)39(59)65-36-14(5-62-37(7)57)64-38(58)9-3-12(44)26(48)29(51)17(9)19-22-21(32(54)34(56)30(19)52)20-18-6(23(45)33(55)31(20)53)4-13(63-40(18)60)35(36)66-41(22)61/h1-3,13-14,35-36,42-56H,4-5H2/t13-,14+,35+,36+/m0/s1. The molecule has 66 heavy (non-hydrogen) atoms. The molecule has 0 amide bonds. The minimum atomic E-state index is -2.60. The number of hydrogen-bond donors (Lipinski definition) is 15. The largest absolute Gasteiger partial charge is 0.504 e. The van der Waals surface area contributed by atoms with E-state index in [4.69, 9.17) is 23.7 Å². The molecule has 25 heteroatoms. The molecule has 0 fully saturated rings. The van der Waals surface area contributed by atoms with E-state index >= 15 is 0 Å². The van der Waals surface area contributed by atoms with E-state index in [1.165, 1.54) is 0 Å². The number of phenolic OH excluding ortho intramolecular Hbond substituents is 15. The number of phenols is 15. The highest BCUT2D eigenvalue weighted by molar-refractivity contribution is 6.16. The van der Waals surface area contributed by atoms with Crippen molar-refractivity contribution >= 4 is 29.8 Å². The third-order valence-corrected chi connectivity index (χ3v) is 11.4. The summed E-state index contributed by atoms with van der Waals surface area (Å²) in [6.45, 7) is -1.42. The van der Waals surface area contributed by atoms with Gasteiger partial charge in [-0.1, -0.05) is 0 Å². The molecular formula is C41H26O25. The molecular weight excluding hydrogens is 892 g/mol. The number of fused-ring (bicyclic) bond motifs is 7. The summed E-state index contributed by atoms with van der Waals surface area (Å²) >= 11 is 0. The van der Waals surface area contributed by atoms with Crippen LogP contribution in [-0.2, 0) is 30.1 Å². The Balaban J connectivity index is 1.42. The first-order valence-electron chi connectivity index (χ1n) is 18.5. The summed E-state index contributed by atoms with van der Waals surface area (Å²) in [6.07, 6.45) is -10.7. The zero-order valence-corrected chi connectivity index (χ0v) is 32.2. The van der Waals surface area contributed by atoms with Gasteiger partial charge in [0.05, 0.1) is 27.8 Å². The summed E-state index contributed by atoms with van der Waals surface area (Å²) in [7, 11) is 0. The van der Waals surface area contributed by atoms with Crippen LogP contribution in [0.3, 0.4) is 0 Å². The zero-order chi connectivity index (χ0) is 47.9. The molecule has 10 rings (SSSR count). The second-order valence-corrected chi connectivity index (χ2v) is 14.9. The molecule has 5 aromatic rings. The van der Waals surface area contributed by atoms with E-state index in [1.807, 2.05) is 0 Å². The van der Waals surface area contributed by atoms with E-state index in [0.717, 1.165) is 0 Å². The molecule has 5 aromatic carbocycles. The zero-order valence-electron chi connectivity index (χ0n) is 32.2. The lowest BCUT2D eigenvalue weighted by atomic mass is 9.81. The number of cyclic esters (lactones) is 1. The van der Waals surface area contributed by atoms with Crippen molar-refractivity contribution in [3.8, 4) is 120 Å². The van der Waals surface area contributed by atoms with Crippen LogP contribution in [0.5, 0.6) is 86.2 Å². The van der Waals surface area contributed by atoms with Crippen LogP contribution >= 0.6 is 0 Å². The van der Waals surface area contributed by atoms with Crippen molar-refractivity contribution in [3.63, 3.8) is 0 Å². The Morgan fingerprint density at radius 3 is 1.20 bits per heavy atom. The van der Waals surface area contributed by atoms with Gasteiger partial charge in [0, 0.05) is 45.4 Å². The third kappa shape index (κ3) is 5.55. The molecule has 25 nitrogen and oxygen atoms in total. The molecule has 6 bridgehead atoms. The average Bonchev–Trinajstić information content (AvgIpc) is 3.29. The van der Waals surface area contributed by atoms with Gasteiger partial charge in [0.1, 0.15) is 12.7 Å². The molecule has 0 unspecified atom stereocenters. The van der Waals surface area contributed by atoms with Crippen molar-refractivity contribution in [1.82, 2.24) is 0 Å². The molecule has 0 aliphatic carbocycles. The van der Waals surface area contributed by atoms with Gasteiger partial charge in [-0.15, -0.1) is 0 Å². The lowest BCUT2D eigenvalue weighted by molar-refractivity contribution is -0.132. The molecule has 0 spiro atoms. The molecule has 5 aliphatic heterocycles. The normalized spacial score (nSPS) is 19.5. The van der Waals surface area contributed by atoms with Gasteiger partial charge < -0.3 is 100 Å². The molecule has 4 atom stereocenters. The van der Waals surface area contributed by atoms with Gasteiger partial charge in [-0.3, -0.25) is 0 Å². The van der Waals surface area contributed by atoms with Crippen LogP contribution in [0.1, 0.15) is 57.4 Å². The predicted octanol–water partition coefficient (Wildman–Crippen LogP) is 1.83. The van der Waals surface area contributed by atoms with Crippen molar-refractivity contribution in [2.45, 2.75) is 30.8 Å². The fraction of sp³-hybridized carbons (Fsp3) is 0.146. The van der Waals surface area contributed by atoms with Crippen molar-refractivity contribution in [2.24, 2.45) is 0 Å². The van der Waals surface area contributed by atoms with E-state index in [2.05, 4.69) is 0 Å². The Bertz CT molecular complexity index is 3150. The number of carbonyl (C=O) groups excluding carboxylic acids is 5. The van der Waals surface area contributed by atoms with E-state index in [9.17, 15) is 101 Å². The van der Waals surface area contributed by atoms with Crippen LogP contribution in [0.25, 0.3) is 33.4 Å². The average molecular weight is 919 g/mol. The van der Waals surface area contributed by atoms with Crippen LogP contribution in [0.2, 0.25) is 0 Å².